The van der Waals surface area contributed by atoms with Gasteiger partial charge in [-0.3, -0.25) is 6.08 Å². The van der Waals surface area contributed by atoms with E-state index in [4.69, 9.17) is 11.3 Å². The predicted molar refractivity (Wildman–Crippen MR) is 97.7 cm³/mol. The predicted octanol–water partition coefficient (Wildman–Crippen LogP) is 6.08. The molecule has 0 N–H and O–H groups in total. The fraction of sp³-hybridized carbons (Fsp3) is 0.909. The maximum atomic E-state index is 14.6. The first kappa shape index (κ1) is 22.5. The molecule has 4 atom stereocenters. The van der Waals surface area contributed by atoms with Crippen molar-refractivity contribution in [3.8, 4) is 0 Å². The number of alkyl halides is 2. The molecule has 3 aliphatic rings. The molecule has 151 valence electrons. The minimum Gasteiger partial charge on any atom is -0.518 e. The van der Waals surface area contributed by atoms with Gasteiger partial charge in [0.25, 0.3) is 0 Å². The second-order valence-corrected chi connectivity index (χ2v) is 8.83. The Hall–Kier alpha value is 0.222. The Morgan fingerprint density at radius 2 is 1.35 bits per heavy atom. The third-order valence-corrected chi connectivity index (χ3v) is 7.61. The van der Waals surface area contributed by atoms with E-state index in [9.17, 15) is 8.78 Å². The number of hydrogen-bond acceptors (Lipinski definition) is 1. The molecule has 0 amide bonds. The number of ether oxygens (including phenoxy) is 1. The summed E-state index contributed by atoms with van der Waals surface area (Å²) in [4.78, 5) is 0. The van der Waals surface area contributed by atoms with Crippen molar-refractivity contribution in [1.29, 1.82) is 0 Å². The summed E-state index contributed by atoms with van der Waals surface area (Å²) < 4.78 is 33.9. The van der Waals surface area contributed by atoms with Crippen LogP contribution in [0.25, 0.3) is 0 Å². The standard InChI is InChI=1S/C22H35F2O.Re/c1-3-4-15-5-7-16(8-6-15)17-9-11-18(12-10-17)19-13-14-20(25-2)22(24)21(19)23;/h1,3,15-22H,4-14H2,2H3;/q-1;. The van der Waals surface area contributed by atoms with Crippen LogP contribution in [0, 0.1) is 36.2 Å². The van der Waals surface area contributed by atoms with Gasteiger partial charge in [-0.15, -0.1) is 0 Å². The van der Waals surface area contributed by atoms with Gasteiger partial charge in [-0.05, 0) is 93.8 Å². The van der Waals surface area contributed by atoms with Crippen LogP contribution in [0.15, 0.2) is 6.08 Å². The summed E-state index contributed by atoms with van der Waals surface area (Å²) in [5.41, 5.74) is 0. The van der Waals surface area contributed by atoms with Crippen molar-refractivity contribution in [1.82, 2.24) is 0 Å². The van der Waals surface area contributed by atoms with Gasteiger partial charge in [0.2, 0.25) is 0 Å². The van der Waals surface area contributed by atoms with E-state index in [-0.39, 0.29) is 26.3 Å². The number of allylic oxidation sites excluding steroid dienone is 1. The quantitative estimate of drug-likeness (QED) is 0.385. The molecule has 4 heteroatoms. The molecule has 4 unspecified atom stereocenters. The Bertz CT molecular complexity index is 416. The Labute approximate surface area is 172 Å². The van der Waals surface area contributed by atoms with Gasteiger partial charge < -0.3 is 11.3 Å². The zero-order valence-corrected chi connectivity index (χ0v) is 18.8. The van der Waals surface area contributed by atoms with Crippen molar-refractivity contribution in [2.45, 2.75) is 89.1 Å². The van der Waals surface area contributed by atoms with E-state index in [0.717, 1.165) is 43.4 Å². The molecule has 0 aromatic heterocycles. The minimum absolute atomic E-state index is 0. The number of rotatable bonds is 5. The molecule has 0 bridgehead atoms. The summed E-state index contributed by atoms with van der Waals surface area (Å²) in [6.45, 7) is 5.57. The van der Waals surface area contributed by atoms with Crippen LogP contribution in [0.3, 0.4) is 0 Å². The topological polar surface area (TPSA) is 9.23 Å². The Morgan fingerprint density at radius 1 is 0.808 bits per heavy atom. The molecule has 3 saturated carbocycles. The van der Waals surface area contributed by atoms with Gasteiger partial charge in [0.1, 0.15) is 6.17 Å². The molecule has 26 heavy (non-hydrogen) atoms. The van der Waals surface area contributed by atoms with Gasteiger partial charge >= 0.3 is 0 Å². The van der Waals surface area contributed by atoms with Crippen LogP contribution in [0.1, 0.15) is 70.6 Å². The van der Waals surface area contributed by atoms with Crippen LogP contribution < -0.4 is 0 Å². The molecule has 3 rings (SSSR count). The molecule has 0 aromatic rings. The maximum Gasteiger partial charge on any atom is 0.157 e. The Morgan fingerprint density at radius 3 is 1.88 bits per heavy atom. The first-order chi connectivity index (χ1) is 12.1. The molecule has 0 heterocycles. The second-order valence-electron chi connectivity index (χ2n) is 8.83. The van der Waals surface area contributed by atoms with Crippen LogP contribution in [0.5, 0.6) is 0 Å². The molecule has 1 radical (unpaired) electrons. The van der Waals surface area contributed by atoms with Gasteiger partial charge in [-0.25, -0.2) is 8.78 Å². The third-order valence-electron chi connectivity index (χ3n) is 7.61. The summed E-state index contributed by atoms with van der Waals surface area (Å²) in [5.74, 6) is 2.76. The van der Waals surface area contributed by atoms with Crippen molar-refractivity contribution in [3.63, 3.8) is 0 Å². The average molecular weight is 540 g/mol. The number of hydrogen-bond donors (Lipinski definition) is 0. The van der Waals surface area contributed by atoms with Crippen LogP contribution >= 0.6 is 0 Å². The van der Waals surface area contributed by atoms with Crippen molar-refractivity contribution >= 4 is 0 Å². The summed E-state index contributed by atoms with van der Waals surface area (Å²) in [6, 6.07) is 0. The monoisotopic (exact) mass is 540 g/mol. The van der Waals surface area contributed by atoms with E-state index < -0.39 is 18.4 Å². The largest absolute Gasteiger partial charge is 0.518 e. The van der Waals surface area contributed by atoms with Crippen LogP contribution in [-0.2, 0) is 25.2 Å². The van der Waals surface area contributed by atoms with Crippen molar-refractivity contribution in [3.05, 3.63) is 12.7 Å². The van der Waals surface area contributed by atoms with E-state index in [0.29, 0.717) is 12.3 Å². The summed E-state index contributed by atoms with van der Waals surface area (Å²) in [7, 11) is 1.50. The number of methoxy groups -OCH3 is 1. The average Bonchev–Trinajstić information content (AvgIpc) is 2.65. The van der Waals surface area contributed by atoms with Gasteiger partial charge in [0.15, 0.2) is 6.17 Å². The van der Waals surface area contributed by atoms with E-state index in [1.807, 2.05) is 6.08 Å². The van der Waals surface area contributed by atoms with E-state index in [1.165, 1.54) is 45.6 Å². The molecule has 0 aliphatic heterocycles. The van der Waals surface area contributed by atoms with Gasteiger partial charge in [0, 0.05) is 27.5 Å². The Balaban J connectivity index is 0.00000243. The molecule has 3 aliphatic carbocycles. The third kappa shape index (κ3) is 5.18. The second kappa shape index (κ2) is 10.7. The summed E-state index contributed by atoms with van der Waals surface area (Å²) in [6.07, 6.45) is 11.0. The van der Waals surface area contributed by atoms with E-state index >= 15 is 0 Å². The van der Waals surface area contributed by atoms with Gasteiger partial charge in [-0.2, -0.15) is 0 Å². The molecular weight excluding hydrogens is 504 g/mol. The van der Waals surface area contributed by atoms with Crippen LogP contribution in [0.4, 0.5) is 8.78 Å². The zero-order valence-electron chi connectivity index (χ0n) is 16.1. The zero-order chi connectivity index (χ0) is 17.8. The summed E-state index contributed by atoms with van der Waals surface area (Å²) >= 11 is 0. The van der Waals surface area contributed by atoms with Crippen molar-refractivity contribution in [2.75, 3.05) is 7.11 Å². The maximum absolute atomic E-state index is 14.6. The summed E-state index contributed by atoms with van der Waals surface area (Å²) in [5, 5.41) is 0. The molecule has 3 fully saturated rings. The molecule has 0 aromatic carbocycles. The first-order valence-corrected chi connectivity index (χ1v) is 10.5. The van der Waals surface area contributed by atoms with Crippen LogP contribution in [0.2, 0.25) is 0 Å². The molecule has 0 saturated heterocycles. The molecule has 1 nitrogen and oxygen atoms in total. The molecular formula is C22H35F2ORe-. The fourth-order valence-corrected chi connectivity index (χ4v) is 5.99. The normalized spacial score (nSPS) is 44.1. The van der Waals surface area contributed by atoms with E-state index in [2.05, 4.69) is 0 Å². The fourth-order valence-electron chi connectivity index (χ4n) is 5.99. The SMILES string of the molecule is [CH-]=CCC1CCC(C2CCC(C3CCC(OC)C(F)C3F)CC2)CC1.[Re]. The van der Waals surface area contributed by atoms with Crippen molar-refractivity contribution < 1.29 is 33.9 Å². The number of halogens is 2. The van der Waals surface area contributed by atoms with Gasteiger partial charge in [-0.1, -0.05) is 6.42 Å². The van der Waals surface area contributed by atoms with Gasteiger partial charge in [0.05, 0.1) is 6.10 Å². The smallest absolute Gasteiger partial charge is 0.157 e. The minimum atomic E-state index is -1.43. The van der Waals surface area contributed by atoms with Crippen molar-refractivity contribution in [2.24, 2.45) is 29.6 Å². The van der Waals surface area contributed by atoms with Crippen LogP contribution in [-0.4, -0.2) is 25.6 Å². The Kier molecular flexibility index (Phi) is 9.25. The van der Waals surface area contributed by atoms with E-state index in [1.54, 1.807) is 0 Å². The molecule has 0 spiro atoms. The first-order valence-electron chi connectivity index (χ1n) is 10.5.